The number of benzene rings is 1. The zero-order valence-electron chi connectivity index (χ0n) is 11.3. The number of alkyl halides is 1. The Hall–Kier alpha value is -1.15. The van der Waals surface area contributed by atoms with Crippen LogP contribution >= 0.6 is 11.6 Å². The van der Waals surface area contributed by atoms with Gasteiger partial charge in [0.1, 0.15) is 0 Å². The fourth-order valence-corrected chi connectivity index (χ4v) is 1.84. The molecule has 1 aromatic rings. The van der Waals surface area contributed by atoms with Crippen molar-refractivity contribution in [2.24, 2.45) is 0 Å². The first-order valence-electron chi connectivity index (χ1n) is 6.31. The summed E-state index contributed by atoms with van der Waals surface area (Å²) in [6, 6.07) is 5.95. The van der Waals surface area contributed by atoms with Crippen LogP contribution in [0.1, 0.15) is 32.3 Å². The van der Waals surface area contributed by atoms with Crippen molar-refractivity contribution in [1.29, 1.82) is 0 Å². The molecule has 1 rings (SSSR count). The predicted molar refractivity (Wildman–Crippen MR) is 77.8 cm³/mol. The van der Waals surface area contributed by atoms with Gasteiger partial charge in [-0.25, -0.2) is 0 Å². The van der Waals surface area contributed by atoms with Gasteiger partial charge in [-0.2, -0.15) is 0 Å². The molecular formula is C15H21ClO2. The maximum Gasteiger partial charge on any atom is 0.161 e. The van der Waals surface area contributed by atoms with Crippen LogP contribution in [0.15, 0.2) is 23.8 Å². The van der Waals surface area contributed by atoms with Gasteiger partial charge < -0.3 is 9.47 Å². The molecule has 0 radical (unpaired) electrons. The summed E-state index contributed by atoms with van der Waals surface area (Å²) in [6.45, 7) is 4.88. The second kappa shape index (κ2) is 8.04. The molecule has 100 valence electrons. The lowest BCUT2D eigenvalue weighted by atomic mass is 10.1. The molecule has 2 nitrogen and oxygen atoms in total. The zero-order chi connectivity index (χ0) is 13.4. The third-order valence-corrected chi connectivity index (χ3v) is 2.99. The van der Waals surface area contributed by atoms with E-state index in [4.69, 9.17) is 21.1 Å². The SMILES string of the molecule is CCCOc1ccc(C=C(CC)CCl)cc1OC. The third-order valence-electron chi connectivity index (χ3n) is 2.65. The lowest BCUT2D eigenvalue weighted by Crippen LogP contribution is -1.98. The lowest BCUT2D eigenvalue weighted by Gasteiger charge is -2.11. The largest absolute Gasteiger partial charge is 0.493 e. The average Bonchev–Trinajstić information content (AvgIpc) is 2.42. The quantitative estimate of drug-likeness (QED) is 0.677. The molecule has 3 heteroatoms. The highest BCUT2D eigenvalue weighted by Gasteiger charge is 2.05. The van der Waals surface area contributed by atoms with Crippen LogP contribution in [0, 0.1) is 0 Å². The van der Waals surface area contributed by atoms with Gasteiger partial charge in [0.15, 0.2) is 11.5 Å². The summed E-state index contributed by atoms with van der Waals surface area (Å²) >= 11 is 5.87. The van der Waals surface area contributed by atoms with E-state index in [0.29, 0.717) is 12.5 Å². The van der Waals surface area contributed by atoms with Gasteiger partial charge in [-0.1, -0.05) is 31.6 Å². The number of hydrogen-bond donors (Lipinski definition) is 0. The Labute approximate surface area is 115 Å². The summed E-state index contributed by atoms with van der Waals surface area (Å²) in [7, 11) is 1.66. The standard InChI is InChI=1S/C15H21ClO2/c1-4-8-18-14-7-6-13(10-15(14)17-3)9-12(5-2)11-16/h6-7,9-10H,4-5,8,11H2,1-3H3. The van der Waals surface area contributed by atoms with Crippen LogP contribution in [0.2, 0.25) is 0 Å². The first-order valence-corrected chi connectivity index (χ1v) is 6.84. The molecule has 0 N–H and O–H groups in total. The highest BCUT2D eigenvalue weighted by molar-refractivity contribution is 6.19. The summed E-state index contributed by atoms with van der Waals surface area (Å²) in [5.41, 5.74) is 2.30. The van der Waals surface area contributed by atoms with E-state index in [-0.39, 0.29) is 0 Å². The van der Waals surface area contributed by atoms with Crippen LogP contribution in [0.4, 0.5) is 0 Å². The third kappa shape index (κ3) is 4.26. The van der Waals surface area contributed by atoms with Crippen molar-refractivity contribution >= 4 is 17.7 Å². The number of ether oxygens (including phenoxy) is 2. The first kappa shape index (κ1) is 14.9. The smallest absolute Gasteiger partial charge is 0.161 e. The Morgan fingerprint density at radius 3 is 2.61 bits per heavy atom. The Morgan fingerprint density at radius 2 is 2.06 bits per heavy atom. The van der Waals surface area contributed by atoms with Crippen molar-refractivity contribution in [3.05, 3.63) is 29.3 Å². The summed E-state index contributed by atoms with van der Waals surface area (Å²) in [6.07, 6.45) is 4.04. The minimum Gasteiger partial charge on any atom is -0.493 e. The lowest BCUT2D eigenvalue weighted by molar-refractivity contribution is 0.294. The molecule has 0 aliphatic carbocycles. The van der Waals surface area contributed by atoms with E-state index >= 15 is 0 Å². The van der Waals surface area contributed by atoms with Crippen LogP contribution < -0.4 is 9.47 Å². The monoisotopic (exact) mass is 268 g/mol. The van der Waals surface area contributed by atoms with Crippen LogP contribution in [-0.2, 0) is 0 Å². The van der Waals surface area contributed by atoms with Crippen molar-refractivity contribution in [3.63, 3.8) is 0 Å². The van der Waals surface area contributed by atoms with Crippen LogP contribution in [0.25, 0.3) is 6.08 Å². The highest BCUT2D eigenvalue weighted by atomic mass is 35.5. The van der Waals surface area contributed by atoms with Gasteiger partial charge in [0.05, 0.1) is 13.7 Å². The van der Waals surface area contributed by atoms with Gasteiger partial charge in [-0.3, -0.25) is 0 Å². The molecule has 0 spiro atoms. The molecule has 0 aromatic heterocycles. The molecule has 0 fully saturated rings. The molecule has 0 aliphatic heterocycles. The average molecular weight is 269 g/mol. The molecule has 0 unspecified atom stereocenters. The van der Waals surface area contributed by atoms with Crippen LogP contribution in [0.3, 0.4) is 0 Å². The van der Waals surface area contributed by atoms with E-state index in [1.54, 1.807) is 7.11 Å². The molecule has 0 saturated heterocycles. The summed E-state index contributed by atoms with van der Waals surface area (Å²) in [5.74, 6) is 2.12. The van der Waals surface area contributed by atoms with Crippen molar-refractivity contribution < 1.29 is 9.47 Å². The maximum atomic E-state index is 5.87. The van der Waals surface area contributed by atoms with Crippen molar-refractivity contribution in [1.82, 2.24) is 0 Å². The Morgan fingerprint density at radius 1 is 1.28 bits per heavy atom. The van der Waals surface area contributed by atoms with Gasteiger partial charge in [0.2, 0.25) is 0 Å². The summed E-state index contributed by atoms with van der Waals surface area (Å²) < 4.78 is 11.0. The van der Waals surface area contributed by atoms with E-state index < -0.39 is 0 Å². The molecular weight excluding hydrogens is 248 g/mol. The van der Waals surface area contributed by atoms with E-state index in [1.807, 2.05) is 18.2 Å². The maximum absolute atomic E-state index is 5.87. The van der Waals surface area contributed by atoms with Gasteiger partial charge in [-0.05, 0) is 30.5 Å². The van der Waals surface area contributed by atoms with E-state index in [1.165, 1.54) is 5.57 Å². The van der Waals surface area contributed by atoms with E-state index in [0.717, 1.165) is 29.9 Å². The second-order valence-corrected chi connectivity index (χ2v) is 4.32. The van der Waals surface area contributed by atoms with Gasteiger partial charge >= 0.3 is 0 Å². The molecule has 1 aromatic carbocycles. The van der Waals surface area contributed by atoms with E-state index in [9.17, 15) is 0 Å². The number of allylic oxidation sites excluding steroid dienone is 1. The summed E-state index contributed by atoms with van der Waals surface area (Å²) in [4.78, 5) is 0. The Balaban J connectivity index is 2.94. The molecule has 0 heterocycles. The molecule has 0 amide bonds. The van der Waals surface area contributed by atoms with Crippen molar-refractivity contribution in [2.45, 2.75) is 26.7 Å². The Kier molecular flexibility index (Phi) is 6.66. The fraction of sp³-hybridized carbons (Fsp3) is 0.467. The van der Waals surface area contributed by atoms with Crippen molar-refractivity contribution in [2.75, 3.05) is 19.6 Å². The number of halogens is 1. The van der Waals surface area contributed by atoms with Gasteiger partial charge in [0.25, 0.3) is 0 Å². The normalized spacial score (nSPS) is 11.4. The van der Waals surface area contributed by atoms with Crippen LogP contribution in [0.5, 0.6) is 11.5 Å². The van der Waals surface area contributed by atoms with E-state index in [2.05, 4.69) is 19.9 Å². The fourth-order valence-electron chi connectivity index (χ4n) is 1.58. The molecule has 0 atom stereocenters. The van der Waals surface area contributed by atoms with Gasteiger partial charge in [0, 0.05) is 5.88 Å². The molecule has 0 bridgehead atoms. The topological polar surface area (TPSA) is 18.5 Å². The van der Waals surface area contributed by atoms with Crippen LogP contribution in [-0.4, -0.2) is 19.6 Å². The number of rotatable bonds is 7. The number of methoxy groups -OCH3 is 1. The number of hydrogen-bond acceptors (Lipinski definition) is 2. The second-order valence-electron chi connectivity index (χ2n) is 4.05. The first-order chi connectivity index (χ1) is 8.74. The zero-order valence-corrected chi connectivity index (χ0v) is 12.1. The molecule has 0 aliphatic rings. The van der Waals surface area contributed by atoms with Gasteiger partial charge in [-0.15, -0.1) is 11.6 Å². The summed E-state index contributed by atoms with van der Waals surface area (Å²) in [5, 5.41) is 0. The molecule has 18 heavy (non-hydrogen) atoms. The Bertz CT molecular complexity index is 393. The highest BCUT2D eigenvalue weighted by Crippen LogP contribution is 2.29. The molecule has 0 saturated carbocycles. The minimum absolute atomic E-state index is 0.562. The predicted octanol–water partition coefficient (Wildman–Crippen LogP) is 4.52. The van der Waals surface area contributed by atoms with Crippen molar-refractivity contribution in [3.8, 4) is 11.5 Å². The minimum atomic E-state index is 0.562.